The fourth-order valence-electron chi connectivity index (χ4n) is 1.05. The molecule has 0 amide bonds. The molecule has 0 N–H and O–H groups in total. The molecule has 0 aromatic heterocycles. The third kappa shape index (κ3) is 3.26. The minimum Gasteiger partial charge on any atom is -0.302 e. The maximum Gasteiger partial charge on any atom is 0.401 e. The summed E-state index contributed by atoms with van der Waals surface area (Å²) in [6.07, 6.45) is 1.30. The Kier molecular flexibility index (Phi) is 3.54. The molecule has 1 heterocycles. The molecule has 0 saturated carbocycles. The van der Waals surface area contributed by atoms with E-state index in [-0.39, 0.29) is 18.6 Å². The monoisotopic (exact) mass is 232 g/mol. The van der Waals surface area contributed by atoms with Gasteiger partial charge in [0.25, 0.3) is 5.52 Å². The van der Waals surface area contributed by atoms with Gasteiger partial charge in [-0.05, 0) is 19.9 Å². The SMILES string of the molecule is CC(C)=CC(=O)P1(=O)OCC(C)(C)CO1. The summed E-state index contributed by atoms with van der Waals surface area (Å²) in [7, 11) is -3.55. The highest BCUT2D eigenvalue weighted by Gasteiger charge is 2.41. The van der Waals surface area contributed by atoms with Crippen molar-refractivity contribution >= 4 is 13.1 Å². The van der Waals surface area contributed by atoms with Crippen LogP contribution < -0.4 is 0 Å². The van der Waals surface area contributed by atoms with Gasteiger partial charge in [0, 0.05) is 5.41 Å². The Bertz CT molecular complexity index is 325. The van der Waals surface area contributed by atoms with E-state index in [0.29, 0.717) is 0 Å². The molecule has 0 atom stereocenters. The van der Waals surface area contributed by atoms with Gasteiger partial charge in [-0.1, -0.05) is 19.4 Å². The Labute approximate surface area is 90.2 Å². The first kappa shape index (κ1) is 12.6. The lowest BCUT2D eigenvalue weighted by molar-refractivity contribution is -0.111. The van der Waals surface area contributed by atoms with Gasteiger partial charge in [-0.3, -0.25) is 9.36 Å². The molecule has 0 aliphatic carbocycles. The van der Waals surface area contributed by atoms with E-state index in [1.807, 2.05) is 13.8 Å². The van der Waals surface area contributed by atoms with Crippen LogP contribution in [0.25, 0.3) is 0 Å². The fourth-order valence-corrected chi connectivity index (χ4v) is 2.84. The molecule has 4 nitrogen and oxygen atoms in total. The second kappa shape index (κ2) is 4.20. The van der Waals surface area contributed by atoms with Crippen molar-refractivity contribution in [1.29, 1.82) is 0 Å². The van der Waals surface area contributed by atoms with Crippen molar-refractivity contribution < 1.29 is 18.4 Å². The van der Waals surface area contributed by atoms with Gasteiger partial charge in [0.2, 0.25) is 0 Å². The summed E-state index contributed by atoms with van der Waals surface area (Å²) in [6, 6.07) is 0. The van der Waals surface area contributed by atoms with E-state index in [1.165, 1.54) is 6.08 Å². The van der Waals surface area contributed by atoms with Crippen molar-refractivity contribution in [3.8, 4) is 0 Å². The highest BCUT2D eigenvalue weighted by molar-refractivity contribution is 7.72. The van der Waals surface area contributed by atoms with E-state index in [9.17, 15) is 9.36 Å². The molecule has 1 saturated heterocycles. The van der Waals surface area contributed by atoms with E-state index < -0.39 is 13.1 Å². The summed E-state index contributed by atoms with van der Waals surface area (Å²) in [6.45, 7) is 7.96. The van der Waals surface area contributed by atoms with Gasteiger partial charge in [0.15, 0.2) is 0 Å². The Balaban J connectivity index is 2.76. The zero-order valence-electron chi connectivity index (χ0n) is 9.57. The van der Waals surface area contributed by atoms with Crippen LogP contribution >= 0.6 is 7.60 Å². The average Bonchev–Trinajstić information content (AvgIpc) is 2.09. The predicted octanol–water partition coefficient (Wildman–Crippen LogP) is 2.75. The number of rotatable bonds is 2. The average molecular weight is 232 g/mol. The van der Waals surface area contributed by atoms with Crippen LogP contribution in [0.5, 0.6) is 0 Å². The van der Waals surface area contributed by atoms with Crippen LogP contribution in [0.15, 0.2) is 11.6 Å². The van der Waals surface area contributed by atoms with Crippen LogP contribution in [0, 0.1) is 5.41 Å². The molecule has 1 aliphatic rings. The molecule has 5 heteroatoms. The Morgan fingerprint density at radius 2 is 1.73 bits per heavy atom. The summed E-state index contributed by atoms with van der Waals surface area (Å²) < 4.78 is 22.1. The van der Waals surface area contributed by atoms with E-state index in [2.05, 4.69) is 0 Å². The van der Waals surface area contributed by atoms with Gasteiger partial charge in [-0.25, -0.2) is 0 Å². The lowest BCUT2D eigenvalue weighted by Gasteiger charge is -2.32. The van der Waals surface area contributed by atoms with Crippen molar-refractivity contribution in [1.82, 2.24) is 0 Å². The zero-order valence-corrected chi connectivity index (χ0v) is 10.5. The summed E-state index contributed by atoms with van der Waals surface area (Å²) in [5.74, 6) is 0. The Morgan fingerprint density at radius 1 is 1.27 bits per heavy atom. The maximum atomic E-state index is 11.9. The van der Waals surface area contributed by atoms with E-state index >= 15 is 0 Å². The van der Waals surface area contributed by atoms with Crippen LogP contribution in [-0.4, -0.2) is 18.7 Å². The number of allylic oxidation sites excluding steroid dienone is 2. The fraction of sp³-hybridized carbons (Fsp3) is 0.700. The lowest BCUT2D eigenvalue weighted by Crippen LogP contribution is -2.30. The highest BCUT2D eigenvalue weighted by Crippen LogP contribution is 2.54. The van der Waals surface area contributed by atoms with Gasteiger partial charge in [0.05, 0.1) is 13.2 Å². The molecule has 0 aromatic rings. The van der Waals surface area contributed by atoms with Crippen LogP contribution in [0.4, 0.5) is 0 Å². The van der Waals surface area contributed by atoms with Crippen molar-refractivity contribution in [3.63, 3.8) is 0 Å². The number of hydrogen-bond donors (Lipinski definition) is 0. The first-order valence-corrected chi connectivity index (χ1v) is 6.38. The van der Waals surface area contributed by atoms with Crippen LogP contribution in [0.3, 0.4) is 0 Å². The van der Waals surface area contributed by atoms with Gasteiger partial charge in [0.1, 0.15) is 0 Å². The molecule has 1 fully saturated rings. The minimum atomic E-state index is -3.55. The van der Waals surface area contributed by atoms with E-state index in [1.54, 1.807) is 13.8 Å². The van der Waals surface area contributed by atoms with Crippen molar-refractivity contribution in [2.45, 2.75) is 27.7 Å². The van der Waals surface area contributed by atoms with E-state index in [0.717, 1.165) is 5.57 Å². The number of hydrogen-bond acceptors (Lipinski definition) is 4. The van der Waals surface area contributed by atoms with Crippen LogP contribution in [0.2, 0.25) is 0 Å². The van der Waals surface area contributed by atoms with Crippen molar-refractivity contribution in [2.75, 3.05) is 13.2 Å². The summed E-state index contributed by atoms with van der Waals surface area (Å²) in [4.78, 5) is 11.6. The van der Waals surface area contributed by atoms with Gasteiger partial charge < -0.3 is 9.05 Å². The largest absolute Gasteiger partial charge is 0.401 e. The third-order valence-corrected chi connectivity index (χ3v) is 3.54. The maximum absolute atomic E-state index is 11.9. The van der Waals surface area contributed by atoms with Gasteiger partial charge in [-0.2, -0.15) is 0 Å². The summed E-state index contributed by atoms with van der Waals surface area (Å²) in [5, 5.41) is 0. The quantitative estimate of drug-likeness (QED) is 0.542. The summed E-state index contributed by atoms with van der Waals surface area (Å²) in [5.41, 5.74) is 0.0457. The number of carbonyl (C=O) groups is 1. The first-order valence-electron chi connectivity index (χ1n) is 4.84. The summed E-state index contributed by atoms with van der Waals surface area (Å²) >= 11 is 0. The van der Waals surface area contributed by atoms with Crippen LogP contribution in [0.1, 0.15) is 27.7 Å². The second-order valence-electron chi connectivity index (χ2n) is 4.77. The molecule has 1 rings (SSSR count). The first-order chi connectivity index (χ1) is 6.75. The van der Waals surface area contributed by atoms with Gasteiger partial charge in [-0.15, -0.1) is 0 Å². The standard InChI is InChI=1S/C10H17O4P/c1-8(2)5-9(11)15(12)13-6-10(3,4)7-14-15/h5H,6-7H2,1-4H3. The molecular formula is C10H17O4P. The molecule has 0 aromatic carbocycles. The molecule has 0 radical (unpaired) electrons. The topological polar surface area (TPSA) is 52.6 Å². The van der Waals surface area contributed by atoms with E-state index in [4.69, 9.17) is 9.05 Å². The highest BCUT2D eigenvalue weighted by atomic mass is 31.2. The molecular weight excluding hydrogens is 215 g/mol. The molecule has 0 unspecified atom stereocenters. The predicted molar refractivity (Wildman–Crippen MR) is 57.7 cm³/mol. The second-order valence-corrected chi connectivity index (χ2v) is 6.72. The third-order valence-electron chi connectivity index (χ3n) is 1.93. The molecule has 0 spiro atoms. The molecule has 1 aliphatic heterocycles. The van der Waals surface area contributed by atoms with Gasteiger partial charge >= 0.3 is 7.60 Å². The Hall–Kier alpha value is -0.440. The molecule has 86 valence electrons. The zero-order chi connectivity index (χ0) is 11.7. The van der Waals surface area contributed by atoms with Crippen molar-refractivity contribution in [2.24, 2.45) is 5.41 Å². The molecule has 0 bridgehead atoms. The molecule has 15 heavy (non-hydrogen) atoms. The lowest BCUT2D eigenvalue weighted by atomic mass is 9.97. The minimum absolute atomic E-state index is 0.181. The van der Waals surface area contributed by atoms with Crippen molar-refractivity contribution in [3.05, 3.63) is 11.6 Å². The number of carbonyl (C=O) groups excluding carboxylic acids is 1. The Morgan fingerprint density at radius 3 is 2.13 bits per heavy atom. The smallest absolute Gasteiger partial charge is 0.302 e. The normalized spacial score (nSPS) is 23.2. The van der Waals surface area contributed by atoms with Crippen LogP contribution in [-0.2, 0) is 18.4 Å².